The van der Waals surface area contributed by atoms with Crippen molar-refractivity contribution in [2.24, 2.45) is 0 Å². The van der Waals surface area contributed by atoms with Crippen LogP contribution in [0.1, 0.15) is 37.4 Å². The summed E-state index contributed by atoms with van der Waals surface area (Å²) in [6.07, 6.45) is 0. The molecule has 0 saturated carbocycles. The minimum absolute atomic E-state index is 0.0514. The highest BCUT2D eigenvalue weighted by Gasteiger charge is 2.13. The Bertz CT molecular complexity index is 654. The van der Waals surface area contributed by atoms with Gasteiger partial charge in [0.2, 0.25) is 0 Å². The van der Waals surface area contributed by atoms with Crippen molar-refractivity contribution in [3.05, 3.63) is 70.3 Å². The van der Waals surface area contributed by atoms with Crippen molar-refractivity contribution >= 4 is 11.8 Å². The molecule has 0 N–H and O–H groups in total. The van der Waals surface area contributed by atoms with Gasteiger partial charge in [-0.2, -0.15) is 0 Å². The number of ketones is 1. The molecule has 0 radical (unpaired) electrons. The molecule has 0 spiro atoms. The normalized spacial score (nSPS) is 10.2. The minimum atomic E-state index is -0.392. The molecule has 0 aliphatic carbocycles. The van der Waals surface area contributed by atoms with Crippen molar-refractivity contribution in [3.8, 4) is 0 Å². The number of methoxy groups -OCH3 is 1. The van der Waals surface area contributed by atoms with E-state index in [0.717, 1.165) is 11.1 Å². The van der Waals surface area contributed by atoms with Gasteiger partial charge in [0.1, 0.15) is 0 Å². The second-order valence-electron chi connectivity index (χ2n) is 4.72. The molecule has 0 aliphatic rings. The number of carbonyl (C=O) groups is 2. The third-order valence-electron chi connectivity index (χ3n) is 3.21. The van der Waals surface area contributed by atoms with Crippen molar-refractivity contribution in [2.45, 2.75) is 13.8 Å². The maximum Gasteiger partial charge on any atom is 0.338 e. The third-order valence-corrected chi connectivity index (χ3v) is 3.21. The van der Waals surface area contributed by atoms with Crippen molar-refractivity contribution in [3.63, 3.8) is 0 Å². The zero-order valence-corrected chi connectivity index (χ0v) is 11.8. The lowest BCUT2D eigenvalue weighted by atomic mass is 9.98. The molecular formula is C17H16O3. The van der Waals surface area contributed by atoms with Crippen LogP contribution in [0.3, 0.4) is 0 Å². The standard InChI is InChI=1S/C17H16O3/c1-11-4-6-13(7-5-11)16(18)14-8-9-15(12(2)10-14)17(19)20-3/h4-10H,1-3H3. The molecule has 2 aromatic rings. The maximum absolute atomic E-state index is 12.3. The van der Waals surface area contributed by atoms with Crippen LogP contribution in [-0.2, 0) is 4.74 Å². The fourth-order valence-electron chi connectivity index (χ4n) is 2.02. The minimum Gasteiger partial charge on any atom is -0.465 e. The molecule has 102 valence electrons. The number of aryl methyl sites for hydroxylation is 2. The van der Waals surface area contributed by atoms with Gasteiger partial charge in [0.25, 0.3) is 0 Å². The summed E-state index contributed by atoms with van der Waals surface area (Å²) in [5, 5.41) is 0. The Morgan fingerprint density at radius 2 is 1.50 bits per heavy atom. The van der Waals surface area contributed by atoms with E-state index in [1.807, 2.05) is 19.1 Å². The number of carbonyl (C=O) groups excluding carboxylic acids is 2. The van der Waals surface area contributed by atoms with E-state index >= 15 is 0 Å². The molecule has 3 heteroatoms. The number of rotatable bonds is 3. The molecular weight excluding hydrogens is 252 g/mol. The summed E-state index contributed by atoms with van der Waals surface area (Å²) in [6, 6.07) is 12.4. The Hall–Kier alpha value is -2.42. The Morgan fingerprint density at radius 1 is 0.900 bits per heavy atom. The second-order valence-corrected chi connectivity index (χ2v) is 4.72. The van der Waals surface area contributed by atoms with Gasteiger partial charge in [-0.15, -0.1) is 0 Å². The molecule has 0 fully saturated rings. The van der Waals surface area contributed by atoms with Crippen LogP contribution in [0.4, 0.5) is 0 Å². The van der Waals surface area contributed by atoms with Crippen LogP contribution < -0.4 is 0 Å². The molecule has 0 atom stereocenters. The fraction of sp³-hybridized carbons (Fsp3) is 0.176. The van der Waals surface area contributed by atoms with Gasteiger partial charge in [0.15, 0.2) is 5.78 Å². The predicted molar refractivity (Wildman–Crippen MR) is 77.1 cm³/mol. The smallest absolute Gasteiger partial charge is 0.338 e. The van der Waals surface area contributed by atoms with Crippen molar-refractivity contribution in [2.75, 3.05) is 7.11 Å². The molecule has 2 aromatic carbocycles. The van der Waals surface area contributed by atoms with E-state index in [4.69, 9.17) is 4.74 Å². The lowest BCUT2D eigenvalue weighted by Gasteiger charge is -2.07. The average molecular weight is 268 g/mol. The zero-order chi connectivity index (χ0) is 14.7. The highest BCUT2D eigenvalue weighted by molar-refractivity contribution is 6.09. The first kappa shape index (κ1) is 14.0. The van der Waals surface area contributed by atoms with Gasteiger partial charge in [-0.3, -0.25) is 4.79 Å². The first-order valence-electron chi connectivity index (χ1n) is 6.33. The molecule has 0 bridgehead atoms. The van der Waals surface area contributed by atoms with E-state index < -0.39 is 5.97 Å². The highest BCUT2D eigenvalue weighted by Crippen LogP contribution is 2.16. The largest absolute Gasteiger partial charge is 0.465 e. The first-order chi connectivity index (χ1) is 9.52. The summed E-state index contributed by atoms with van der Waals surface area (Å²) < 4.78 is 4.69. The molecule has 0 unspecified atom stereocenters. The van der Waals surface area contributed by atoms with Gasteiger partial charge < -0.3 is 4.74 Å². The maximum atomic E-state index is 12.3. The van der Waals surface area contributed by atoms with E-state index in [9.17, 15) is 9.59 Å². The monoisotopic (exact) mass is 268 g/mol. The topological polar surface area (TPSA) is 43.4 Å². The lowest BCUT2D eigenvalue weighted by Crippen LogP contribution is -2.07. The van der Waals surface area contributed by atoms with E-state index in [2.05, 4.69) is 0 Å². The summed E-state index contributed by atoms with van der Waals surface area (Å²) >= 11 is 0. The third kappa shape index (κ3) is 2.77. The lowest BCUT2D eigenvalue weighted by molar-refractivity contribution is 0.0599. The highest BCUT2D eigenvalue weighted by atomic mass is 16.5. The van der Waals surface area contributed by atoms with Crippen LogP contribution in [0.15, 0.2) is 42.5 Å². The Labute approximate surface area is 118 Å². The van der Waals surface area contributed by atoms with Crippen molar-refractivity contribution < 1.29 is 14.3 Å². The Morgan fingerprint density at radius 3 is 2.05 bits per heavy atom. The summed E-state index contributed by atoms with van der Waals surface area (Å²) in [4.78, 5) is 23.9. The SMILES string of the molecule is COC(=O)c1ccc(C(=O)c2ccc(C)cc2)cc1C. The Kier molecular flexibility index (Phi) is 3.99. The van der Waals surface area contributed by atoms with Crippen LogP contribution in [0, 0.1) is 13.8 Å². The number of hydrogen-bond donors (Lipinski definition) is 0. The summed E-state index contributed by atoms with van der Waals surface area (Å²) in [6.45, 7) is 3.77. The summed E-state index contributed by atoms with van der Waals surface area (Å²) in [5.74, 6) is -0.443. The van der Waals surface area contributed by atoms with Crippen LogP contribution in [-0.4, -0.2) is 18.9 Å². The summed E-state index contributed by atoms with van der Waals surface area (Å²) in [7, 11) is 1.34. The van der Waals surface area contributed by atoms with Crippen LogP contribution in [0.2, 0.25) is 0 Å². The van der Waals surface area contributed by atoms with Crippen LogP contribution in [0.25, 0.3) is 0 Å². The molecule has 2 rings (SSSR count). The van der Waals surface area contributed by atoms with Crippen LogP contribution in [0.5, 0.6) is 0 Å². The number of ether oxygens (including phenoxy) is 1. The van der Waals surface area contributed by atoms with E-state index in [0.29, 0.717) is 16.7 Å². The molecule has 0 saturated heterocycles. The van der Waals surface area contributed by atoms with E-state index in [1.165, 1.54) is 7.11 Å². The van der Waals surface area contributed by atoms with Gasteiger partial charge >= 0.3 is 5.97 Å². The van der Waals surface area contributed by atoms with Gasteiger partial charge in [-0.05, 0) is 31.5 Å². The first-order valence-corrected chi connectivity index (χ1v) is 6.33. The zero-order valence-electron chi connectivity index (χ0n) is 11.8. The van der Waals surface area contributed by atoms with Crippen LogP contribution >= 0.6 is 0 Å². The molecule has 0 aromatic heterocycles. The molecule has 0 amide bonds. The molecule has 0 aliphatic heterocycles. The summed E-state index contributed by atoms with van der Waals surface area (Å²) in [5.41, 5.74) is 3.53. The van der Waals surface area contributed by atoms with E-state index in [1.54, 1.807) is 37.3 Å². The van der Waals surface area contributed by atoms with Gasteiger partial charge in [-0.25, -0.2) is 4.79 Å². The average Bonchev–Trinajstić information content (AvgIpc) is 2.46. The fourth-order valence-corrected chi connectivity index (χ4v) is 2.02. The predicted octanol–water partition coefficient (Wildman–Crippen LogP) is 3.32. The van der Waals surface area contributed by atoms with E-state index in [-0.39, 0.29) is 5.78 Å². The van der Waals surface area contributed by atoms with Gasteiger partial charge in [0, 0.05) is 11.1 Å². The molecule has 3 nitrogen and oxygen atoms in total. The second kappa shape index (κ2) is 5.70. The van der Waals surface area contributed by atoms with Crippen molar-refractivity contribution in [1.29, 1.82) is 0 Å². The molecule has 0 heterocycles. The van der Waals surface area contributed by atoms with Gasteiger partial charge in [-0.1, -0.05) is 35.9 Å². The quantitative estimate of drug-likeness (QED) is 0.633. The van der Waals surface area contributed by atoms with Crippen molar-refractivity contribution in [1.82, 2.24) is 0 Å². The Balaban J connectivity index is 2.34. The van der Waals surface area contributed by atoms with Gasteiger partial charge in [0.05, 0.1) is 12.7 Å². The molecule has 20 heavy (non-hydrogen) atoms. The number of esters is 1. The number of benzene rings is 2. The number of hydrogen-bond acceptors (Lipinski definition) is 3.